The van der Waals surface area contributed by atoms with Crippen LogP contribution in [0.3, 0.4) is 0 Å². The number of carbonyl (C=O) groups is 4. The van der Waals surface area contributed by atoms with Crippen molar-refractivity contribution in [2.45, 2.75) is 38.7 Å². The van der Waals surface area contributed by atoms with E-state index in [1.165, 1.54) is 17.0 Å². The minimum atomic E-state index is -1.09. The minimum Gasteiger partial charge on any atom is -0.461 e. The summed E-state index contributed by atoms with van der Waals surface area (Å²) in [5.74, 6) is -1.71. The molecule has 9 nitrogen and oxygen atoms in total. The quantitative estimate of drug-likeness (QED) is 0.153. The molecule has 0 fully saturated rings. The van der Waals surface area contributed by atoms with Gasteiger partial charge < -0.3 is 19.5 Å². The Morgan fingerprint density at radius 2 is 1.11 bits per heavy atom. The summed E-state index contributed by atoms with van der Waals surface area (Å²) in [7, 11) is 1.57. The summed E-state index contributed by atoms with van der Waals surface area (Å²) in [5, 5.41) is 2.68. The maximum Gasteiger partial charge on any atom is 0.414 e. The summed E-state index contributed by atoms with van der Waals surface area (Å²) in [6.45, 7) is 0.258. The molecule has 2 amide bonds. The molecule has 1 unspecified atom stereocenters. The van der Waals surface area contributed by atoms with Crippen LogP contribution in [0.4, 0.5) is 10.5 Å². The molecule has 4 rings (SSSR count). The van der Waals surface area contributed by atoms with Crippen molar-refractivity contribution >= 4 is 29.6 Å². The SMILES string of the molecule is CN(C(=O)OCc1ccccc1)c1ccc(C(=O)NC(CCC(=O)OCc2ccccc2)C(=O)OCc2ccccc2)cc1. The number of carbonyl (C=O) groups excluding carboxylic acids is 4. The normalized spacial score (nSPS) is 11.1. The molecule has 0 bridgehead atoms. The zero-order valence-corrected chi connectivity index (χ0v) is 24.4. The van der Waals surface area contributed by atoms with E-state index in [1.54, 1.807) is 19.2 Å². The van der Waals surface area contributed by atoms with E-state index < -0.39 is 30.0 Å². The van der Waals surface area contributed by atoms with Crippen LogP contribution in [0.25, 0.3) is 0 Å². The topological polar surface area (TPSA) is 111 Å². The van der Waals surface area contributed by atoms with Gasteiger partial charge in [-0.25, -0.2) is 9.59 Å². The number of amides is 2. The minimum absolute atomic E-state index is 0.0128. The maximum absolute atomic E-state index is 13.1. The fraction of sp³-hybridized carbons (Fsp3) is 0.200. The molecule has 44 heavy (non-hydrogen) atoms. The van der Waals surface area contributed by atoms with E-state index in [4.69, 9.17) is 14.2 Å². The first-order valence-corrected chi connectivity index (χ1v) is 14.1. The summed E-state index contributed by atoms with van der Waals surface area (Å²) in [6, 6.07) is 32.9. The molecule has 226 valence electrons. The molecule has 0 aliphatic heterocycles. The predicted molar refractivity (Wildman–Crippen MR) is 164 cm³/mol. The van der Waals surface area contributed by atoms with Crippen molar-refractivity contribution in [3.8, 4) is 0 Å². The van der Waals surface area contributed by atoms with Gasteiger partial charge in [0.1, 0.15) is 25.9 Å². The molecule has 0 heterocycles. The van der Waals surface area contributed by atoms with Gasteiger partial charge >= 0.3 is 18.0 Å². The molecule has 0 aliphatic rings. The van der Waals surface area contributed by atoms with Crippen LogP contribution in [0.2, 0.25) is 0 Å². The number of nitrogens with zero attached hydrogens (tertiary/aromatic N) is 1. The molecule has 1 N–H and O–H groups in total. The fourth-order valence-electron chi connectivity index (χ4n) is 4.15. The third-order valence-corrected chi connectivity index (χ3v) is 6.69. The van der Waals surface area contributed by atoms with Crippen LogP contribution >= 0.6 is 0 Å². The number of ether oxygens (including phenoxy) is 3. The molecular formula is C35H34N2O7. The molecule has 0 radical (unpaired) electrons. The molecule has 0 aliphatic carbocycles. The highest BCUT2D eigenvalue weighted by Crippen LogP contribution is 2.16. The summed E-state index contributed by atoms with van der Waals surface area (Å²) >= 11 is 0. The highest BCUT2D eigenvalue weighted by molar-refractivity contribution is 5.97. The second kappa shape index (κ2) is 16.3. The predicted octanol–water partition coefficient (Wildman–Crippen LogP) is 5.83. The average molecular weight is 595 g/mol. The van der Waals surface area contributed by atoms with Crippen LogP contribution in [0, 0.1) is 0 Å². The number of benzene rings is 4. The van der Waals surface area contributed by atoms with E-state index >= 15 is 0 Å². The Hall–Kier alpha value is -5.44. The zero-order valence-electron chi connectivity index (χ0n) is 24.4. The number of esters is 2. The molecular weight excluding hydrogens is 560 g/mol. The van der Waals surface area contributed by atoms with Crippen LogP contribution in [0.1, 0.15) is 39.9 Å². The molecule has 0 saturated carbocycles. The van der Waals surface area contributed by atoms with Crippen molar-refractivity contribution in [1.82, 2.24) is 5.32 Å². The van der Waals surface area contributed by atoms with Gasteiger partial charge in [-0.15, -0.1) is 0 Å². The third kappa shape index (κ3) is 9.84. The van der Waals surface area contributed by atoms with Crippen molar-refractivity contribution in [2.24, 2.45) is 0 Å². The Kier molecular flexibility index (Phi) is 11.6. The lowest BCUT2D eigenvalue weighted by Gasteiger charge is -2.19. The van der Waals surface area contributed by atoms with Crippen LogP contribution in [0.15, 0.2) is 115 Å². The lowest BCUT2D eigenvalue weighted by molar-refractivity contribution is -0.148. The van der Waals surface area contributed by atoms with Crippen LogP contribution in [-0.4, -0.2) is 37.0 Å². The second-order valence-corrected chi connectivity index (χ2v) is 9.95. The van der Waals surface area contributed by atoms with Crippen molar-refractivity contribution in [3.05, 3.63) is 138 Å². The first-order chi connectivity index (χ1) is 21.4. The molecule has 4 aromatic carbocycles. The highest BCUT2D eigenvalue weighted by atomic mass is 16.6. The van der Waals surface area contributed by atoms with Crippen LogP contribution < -0.4 is 10.2 Å². The molecule has 0 spiro atoms. The van der Waals surface area contributed by atoms with Crippen molar-refractivity contribution in [2.75, 3.05) is 11.9 Å². The maximum atomic E-state index is 13.1. The van der Waals surface area contributed by atoms with E-state index in [9.17, 15) is 19.2 Å². The van der Waals surface area contributed by atoms with Gasteiger partial charge in [-0.05, 0) is 47.4 Å². The molecule has 4 aromatic rings. The second-order valence-electron chi connectivity index (χ2n) is 9.95. The molecule has 0 saturated heterocycles. The van der Waals surface area contributed by atoms with Gasteiger partial charge in [0, 0.05) is 24.7 Å². The Morgan fingerprint density at radius 1 is 0.636 bits per heavy atom. The summed E-state index contributed by atoms with van der Waals surface area (Å²) < 4.78 is 16.1. The van der Waals surface area contributed by atoms with Gasteiger partial charge in [0.2, 0.25) is 0 Å². The van der Waals surface area contributed by atoms with Gasteiger partial charge in [0.05, 0.1) is 0 Å². The smallest absolute Gasteiger partial charge is 0.414 e. The summed E-state index contributed by atoms with van der Waals surface area (Å²) in [6.07, 6.45) is -0.667. The van der Waals surface area contributed by atoms with Crippen LogP contribution in [0.5, 0.6) is 0 Å². The van der Waals surface area contributed by atoms with E-state index in [2.05, 4.69) is 5.32 Å². The molecule has 1 atom stereocenters. The molecule has 0 aromatic heterocycles. The van der Waals surface area contributed by atoms with Crippen molar-refractivity contribution in [3.63, 3.8) is 0 Å². The lowest BCUT2D eigenvalue weighted by Crippen LogP contribution is -2.42. The van der Waals surface area contributed by atoms with Gasteiger partial charge in [-0.1, -0.05) is 91.0 Å². The highest BCUT2D eigenvalue weighted by Gasteiger charge is 2.25. The van der Waals surface area contributed by atoms with E-state index in [0.717, 1.165) is 16.7 Å². The number of hydrogen-bond donors (Lipinski definition) is 1. The van der Waals surface area contributed by atoms with Gasteiger partial charge in [0.15, 0.2) is 0 Å². The molecule has 9 heteroatoms. The largest absolute Gasteiger partial charge is 0.461 e. The van der Waals surface area contributed by atoms with Gasteiger partial charge in [-0.2, -0.15) is 0 Å². The van der Waals surface area contributed by atoms with E-state index in [-0.39, 0.29) is 38.2 Å². The number of nitrogens with one attached hydrogen (secondary N) is 1. The van der Waals surface area contributed by atoms with Crippen molar-refractivity contribution in [1.29, 1.82) is 0 Å². The van der Waals surface area contributed by atoms with Gasteiger partial charge in [-0.3, -0.25) is 14.5 Å². The van der Waals surface area contributed by atoms with Crippen LogP contribution in [-0.2, 0) is 43.6 Å². The first kappa shape index (κ1) is 31.5. The van der Waals surface area contributed by atoms with Gasteiger partial charge in [0.25, 0.3) is 5.91 Å². The van der Waals surface area contributed by atoms with E-state index in [1.807, 2.05) is 91.0 Å². The Morgan fingerprint density at radius 3 is 1.64 bits per heavy atom. The standard InChI is InChI=1S/C35H34N2O7/c1-37(35(41)44-25-28-15-9-4-10-16-28)30-19-17-29(18-20-30)33(39)36-31(34(40)43-24-27-13-7-3-8-14-27)21-22-32(38)42-23-26-11-5-2-6-12-26/h2-20,31H,21-25H2,1H3,(H,36,39). The monoisotopic (exact) mass is 594 g/mol. The summed E-state index contributed by atoms with van der Waals surface area (Å²) in [4.78, 5) is 52.4. The fourth-order valence-corrected chi connectivity index (χ4v) is 4.15. The summed E-state index contributed by atoms with van der Waals surface area (Å²) in [5.41, 5.74) is 3.26. The Labute approximate surface area is 256 Å². The third-order valence-electron chi connectivity index (χ3n) is 6.69. The van der Waals surface area contributed by atoms with Crippen molar-refractivity contribution < 1.29 is 33.4 Å². The Balaban J connectivity index is 1.35. The number of hydrogen-bond acceptors (Lipinski definition) is 7. The first-order valence-electron chi connectivity index (χ1n) is 14.1. The number of anilines is 1. The lowest BCUT2D eigenvalue weighted by atomic mass is 10.1. The number of rotatable bonds is 13. The average Bonchev–Trinajstić information content (AvgIpc) is 3.08. The Bertz CT molecular complexity index is 1510. The zero-order chi connectivity index (χ0) is 31.1. The van der Waals surface area contributed by atoms with E-state index in [0.29, 0.717) is 5.69 Å².